The van der Waals surface area contributed by atoms with Crippen molar-refractivity contribution in [2.24, 2.45) is 0 Å². The summed E-state index contributed by atoms with van der Waals surface area (Å²) in [7, 11) is -7.17. The summed E-state index contributed by atoms with van der Waals surface area (Å²) in [6, 6.07) is 38.0. The van der Waals surface area contributed by atoms with Crippen LogP contribution in [0.1, 0.15) is 86.5 Å². The van der Waals surface area contributed by atoms with Crippen LogP contribution in [0.4, 0.5) is 17.3 Å². The first-order valence-corrected chi connectivity index (χ1v) is 20.7. The van der Waals surface area contributed by atoms with Crippen molar-refractivity contribution in [3.8, 4) is 0 Å². The molecule has 0 atom stereocenters. The average molecular weight is 677 g/mol. The lowest BCUT2D eigenvalue weighted by Crippen LogP contribution is -2.29. The number of hydrogen-bond donors (Lipinski definition) is 0. The maximum Gasteiger partial charge on any atom is 0.673 e. The molecule has 0 radical (unpaired) electrons. The largest absolute Gasteiger partial charge is 0.673 e. The predicted molar refractivity (Wildman–Crippen MR) is 198 cm³/mol. The van der Waals surface area contributed by atoms with E-state index >= 15 is 0 Å². The molecule has 0 heterocycles. The van der Waals surface area contributed by atoms with Crippen LogP contribution in [0.2, 0.25) is 0 Å². The molecular weight excluding hydrogens is 629 g/mol. The van der Waals surface area contributed by atoms with Crippen molar-refractivity contribution in [2.75, 3.05) is 0 Å². The lowest BCUT2D eigenvalue weighted by Gasteiger charge is -2.33. The third-order valence-electron chi connectivity index (χ3n) is 10.4. The number of aryl methyl sites for hydroxylation is 4. The van der Waals surface area contributed by atoms with Crippen LogP contribution in [0.25, 0.3) is 0 Å². The van der Waals surface area contributed by atoms with Gasteiger partial charge in [0.05, 0.1) is 16.6 Å². The Morgan fingerprint density at radius 1 is 0.511 bits per heavy atom. The average Bonchev–Trinajstić information content (AvgIpc) is 3.08. The number of halogens is 4. The lowest BCUT2D eigenvalue weighted by molar-refractivity contribution is 0.368. The Bertz CT molecular complexity index is 1500. The Morgan fingerprint density at radius 3 is 1.47 bits per heavy atom. The molecule has 0 nitrogen and oxygen atoms in total. The Balaban J connectivity index is 0.000000720. The molecule has 6 aliphatic rings. The van der Waals surface area contributed by atoms with Crippen molar-refractivity contribution in [1.82, 2.24) is 0 Å². The molecule has 4 aromatic rings. The molecule has 0 amide bonds. The zero-order chi connectivity index (χ0) is 32.6. The van der Waals surface area contributed by atoms with E-state index in [0.29, 0.717) is 0 Å². The van der Waals surface area contributed by atoms with Gasteiger partial charge in [-0.3, -0.25) is 0 Å². The highest BCUT2D eigenvalue weighted by Crippen LogP contribution is 2.55. The molecule has 7 heteroatoms. The van der Waals surface area contributed by atoms with Gasteiger partial charge >= 0.3 is 7.25 Å². The zero-order valence-corrected chi connectivity index (χ0v) is 29.2. The normalized spacial score (nSPS) is 17.7. The van der Waals surface area contributed by atoms with Crippen LogP contribution in [0.15, 0.2) is 97.1 Å². The van der Waals surface area contributed by atoms with E-state index in [2.05, 4.69) is 97.1 Å². The van der Waals surface area contributed by atoms with E-state index in [4.69, 9.17) is 0 Å². The summed E-state index contributed by atoms with van der Waals surface area (Å²) < 4.78 is 39.0. The quantitative estimate of drug-likeness (QED) is 0.108. The smallest absolute Gasteiger partial charge is 0.418 e. The first-order valence-electron chi connectivity index (χ1n) is 17.7. The van der Waals surface area contributed by atoms with Gasteiger partial charge in [-0.2, -0.15) is 0 Å². The minimum Gasteiger partial charge on any atom is -0.418 e. The van der Waals surface area contributed by atoms with E-state index in [-0.39, 0.29) is 0 Å². The van der Waals surface area contributed by atoms with Crippen molar-refractivity contribution >= 4 is 44.3 Å². The van der Waals surface area contributed by atoms with Gasteiger partial charge in [0.15, 0.2) is 0 Å². The van der Waals surface area contributed by atoms with Crippen molar-refractivity contribution in [2.45, 2.75) is 101 Å². The van der Waals surface area contributed by atoms with Gasteiger partial charge in [0.1, 0.15) is 0 Å². The first-order chi connectivity index (χ1) is 22.8. The minimum absolute atomic E-state index is 0.584. The van der Waals surface area contributed by atoms with E-state index in [0.717, 1.165) is 30.6 Å². The summed E-state index contributed by atoms with van der Waals surface area (Å²) in [5.74, 6) is 0. The number of rotatable bonds is 6. The molecule has 0 unspecified atom stereocenters. The van der Waals surface area contributed by atoms with Gasteiger partial charge in [-0.15, -0.1) is 0 Å². The van der Waals surface area contributed by atoms with Crippen LogP contribution < -0.4 is 21.2 Å². The van der Waals surface area contributed by atoms with Crippen molar-refractivity contribution in [1.29, 1.82) is 0 Å². The van der Waals surface area contributed by atoms with E-state index in [1.54, 1.807) is 22.0 Å². The highest BCUT2D eigenvalue weighted by molar-refractivity contribution is 7.79. The molecule has 0 N–H and O–H groups in total. The summed E-state index contributed by atoms with van der Waals surface area (Å²) in [5.41, 5.74) is 8.34. The first kappa shape index (κ1) is 34.4. The Labute approximate surface area is 281 Å². The third kappa shape index (κ3) is 9.36. The molecule has 0 saturated heterocycles. The molecule has 47 heavy (non-hydrogen) atoms. The lowest BCUT2D eigenvalue weighted by atomic mass is 9.96. The molecule has 248 valence electrons. The van der Waals surface area contributed by atoms with Crippen molar-refractivity contribution in [3.63, 3.8) is 0 Å². The highest BCUT2D eigenvalue weighted by Gasteiger charge is 2.40. The Kier molecular flexibility index (Phi) is 11.9. The highest BCUT2D eigenvalue weighted by atomic mass is 31.1. The fourth-order valence-corrected chi connectivity index (χ4v) is 15.3. The molecule has 10 rings (SSSR count). The monoisotopic (exact) mass is 676 g/mol. The van der Waals surface area contributed by atoms with Crippen molar-refractivity contribution < 1.29 is 17.3 Å². The fraction of sp³-hybridized carbons (Fsp3) is 0.400. The standard InChI is InChI=1S/C40H46P2.BF4/c1-5-13-35(14-6-1)41(36-15-7-2-8-16-36)39-29-31-21-22-32-24-26-34(28-27-33(39)25-23-31)40(30-32)42(37-17-9-3-10-18-37)38-19-11-4-12-20-38;2-1(3,4)5/h1-2,5-8,13-16,23-26,29-30,37-38H,3-4,9-12,17-22,27-28H2;/q;-1/p+1. The summed E-state index contributed by atoms with van der Waals surface area (Å²) in [6.45, 7) is 0. The molecule has 2 fully saturated rings. The minimum atomic E-state index is -6.00. The van der Waals surface area contributed by atoms with Crippen LogP contribution >= 0.6 is 15.8 Å². The van der Waals surface area contributed by atoms with E-state index in [9.17, 15) is 17.3 Å². The Morgan fingerprint density at radius 2 is 0.957 bits per heavy atom. The van der Waals surface area contributed by atoms with E-state index in [1.807, 2.05) is 5.30 Å². The maximum absolute atomic E-state index is 9.75. The summed E-state index contributed by atoms with van der Waals surface area (Å²) >= 11 is 0. The fourth-order valence-electron chi connectivity index (χ4n) is 8.19. The molecule has 0 spiro atoms. The summed E-state index contributed by atoms with van der Waals surface area (Å²) in [6.07, 6.45) is 19.4. The van der Waals surface area contributed by atoms with Crippen LogP contribution in [0, 0.1) is 0 Å². The van der Waals surface area contributed by atoms with Crippen molar-refractivity contribution in [3.05, 3.63) is 119 Å². The summed E-state index contributed by atoms with van der Waals surface area (Å²) in [4.78, 5) is 0. The van der Waals surface area contributed by atoms with Gasteiger partial charge < -0.3 is 17.3 Å². The second-order valence-corrected chi connectivity index (χ2v) is 18.8. The van der Waals surface area contributed by atoms with Gasteiger partial charge in [0.2, 0.25) is 0 Å². The van der Waals surface area contributed by atoms with Gasteiger partial charge in [0, 0.05) is 7.92 Å². The van der Waals surface area contributed by atoms with Crippen LogP contribution in [0.5, 0.6) is 0 Å². The van der Waals surface area contributed by atoms with E-state index < -0.39 is 23.1 Å². The number of hydrogen-bond acceptors (Lipinski definition) is 0. The zero-order valence-electron chi connectivity index (χ0n) is 27.3. The molecule has 4 aromatic carbocycles. The number of benzene rings is 4. The van der Waals surface area contributed by atoms with Gasteiger partial charge in [0.25, 0.3) is 0 Å². The second kappa shape index (κ2) is 16.3. The van der Waals surface area contributed by atoms with Gasteiger partial charge in [-0.1, -0.05) is 104 Å². The van der Waals surface area contributed by atoms with Gasteiger partial charge in [-0.25, -0.2) is 0 Å². The molecular formula is C40H47BF4P2. The van der Waals surface area contributed by atoms with E-state index in [1.165, 1.54) is 86.8 Å². The molecule has 0 aliphatic heterocycles. The topological polar surface area (TPSA) is 0 Å². The van der Waals surface area contributed by atoms with Crippen LogP contribution in [-0.4, -0.2) is 18.6 Å². The van der Waals surface area contributed by atoms with Gasteiger partial charge in [-0.05, 0) is 129 Å². The third-order valence-corrected chi connectivity index (χ3v) is 16.9. The van der Waals surface area contributed by atoms with Crippen LogP contribution in [-0.2, 0) is 25.7 Å². The SMILES string of the molecule is F[B-](F)(F)F.c1ccc(P(c2ccccc2)c2cc3ccc2CCc2ccc(cc2[PH+](C2CCCCC2)C2CCCCC2)CC3)cc1. The molecule has 4 bridgehead atoms. The molecule has 0 aromatic heterocycles. The Hall–Kier alpha value is -2.48. The predicted octanol–water partition coefficient (Wildman–Crippen LogP) is 10.1. The molecule has 2 saturated carbocycles. The summed E-state index contributed by atoms with van der Waals surface area (Å²) in [5, 5.41) is 6.38. The second-order valence-electron chi connectivity index (χ2n) is 13.6. The maximum atomic E-state index is 9.75. The molecule has 6 aliphatic carbocycles. The van der Waals surface area contributed by atoms with Crippen LogP contribution in [0.3, 0.4) is 0 Å².